The number of unbranched alkanes of at least 4 members (excludes halogenated alkanes) is 2. The fraction of sp³-hybridized carbons (Fsp3) is 0.816. The van der Waals surface area contributed by atoms with Gasteiger partial charge in [-0.2, -0.15) is 0 Å². The Labute approximate surface area is 341 Å². The van der Waals surface area contributed by atoms with E-state index < -0.39 is 90.1 Å². The van der Waals surface area contributed by atoms with Gasteiger partial charge in [-0.05, 0) is 44.4 Å². The van der Waals surface area contributed by atoms with E-state index in [0.29, 0.717) is 45.1 Å². The first kappa shape index (κ1) is 46.6. The number of amides is 4. The molecular formula is C38H59N5O16. The molecule has 2 saturated carbocycles. The minimum absolute atomic E-state index is 0.00636. The molecule has 0 aromatic rings. The van der Waals surface area contributed by atoms with E-state index >= 15 is 0 Å². The molecule has 4 amide bonds. The molecule has 0 radical (unpaired) electrons. The zero-order valence-electron chi connectivity index (χ0n) is 33.6. The summed E-state index contributed by atoms with van der Waals surface area (Å²) in [7, 11) is 1.57. The number of Topliss-reactive ketones (excluding diaryl/α,β-unsaturated/α-hetero) is 3. The van der Waals surface area contributed by atoms with Crippen LogP contribution in [0.3, 0.4) is 0 Å². The van der Waals surface area contributed by atoms with Crippen LogP contribution >= 0.6 is 0 Å². The summed E-state index contributed by atoms with van der Waals surface area (Å²) in [6, 6.07) is 0. The first-order chi connectivity index (χ1) is 28.1. The van der Waals surface area contributed by atoms with Gasteiger partial charge in [0.05, 0.1) is 57.8 Å². The summed E-state index contributed by atoms with van der Waals surface area (Å²) in [6.45, 7) is 0.833. The lowest BCUT2D eigenvalue weighted by molar-refractivity contribution is -0.245. The van der Waals surface area contributed by atoms with E-state index in [1.54, 1.807) is 7.05 Å². The number of carbonyl (C=O) groups excluding carboxylic acids is 7. The van der Waals surface area contributed by atoms with Gasteiger partial charge in [0, 0.05) is 52.4 Å². The van der Waals surface area contributed by atoms with Crippen molar-refractivity contribution < 1.29 is 77.3 Å². The van der Waals surface area contributed by atoms with E-state index in [1.807, 2.05) is 0 Å². The molecule has 0 aromatic heterocycles. The van der Waals surface area contributed by atoms with Crippen LogP contribution in [0, 0.1) is 5.41 Å². The molecule has 3 saturated heterocycles. The molecule has 5 aliphatic rings. The summed E-state index contributed by atoms with van der Waals surface area (Å²) in [5, 5.41) is 40.3. The second kappa shape index (κ2) is 21.3. The Morgan fingerprint density at radius 1 is 0.780 bits per heavy atom. The molecule has 2 spiro atoms. The fourth-order valence-corrected chi connectivity index (χ4v) is 7.35. The molecule has 21 heteroatoms. The van der Waals surface area contributed by atoms with Gasteiger partial charge in [0.1, 0.15) is 17.8 Å². The molecule has 59 heavy (non-hydrogen) atoms. The first-order valence-corrected chi connectivity index (χ1v) is 20.3. The lowest BCUT2D eigenvalue weighted by Gasteiger charge is -2.36. The Kier molecular flexibility index (Phi) is 16.8. The molecule has 21 nitrogen and oxygen atoms in total. The van der Waals surface area contributed by atoms with E-state index in [-0.39, 0.29) is 76.7 Å². The van der Waals surface area contributed by atoms with Crippen molar-refractivity contribution in [1.29, 1.82) is 0 Å². The highest BCUT2D eigenvalue weighted by Gasteiger charge is 2.62. The standard InChI is InChI=1S/C38H59N5O16/c1-22-31(50)33(52)34(53)35(57-22)55-13-11-42-29(49)20-43(18-27(47)40-9-5-3-4-6-26(46)39-2)19-28(48)41-10-12-54-30-17-37(7-8-37)14-23(58-30)21-56-36-32(51)24(44)15-38(59-36)16-25(38)45/h22-23,25,30-31,33,35-36,45,50,52H,3-21H2,1-2H3,(H,39,46)(H,40,47)(H,41,48)(H,42,49)/t22-,23-,25?,30+,31+,33+,35+,36-,38?/m0/s1. The molecular weight excluding hydrogens is 782 g/mol. The minimum Gasteiger partial charge on any atom is -0.390 e. The molecule has 3 heterocycles. The molecule has 332 valence electrons. The van der Waals surface area contributed by atoms with Crippen LogP contribution in [-0.4, -0.2) is 182 Å². The van der Waals surface area contributed by atoms with E-state index in [4.69, 9.17) is 28.4 Å². The highest BCUT2D eigenvalue weighted by atomic mass is 16.7. The first-order valence-electron chi connectivity index (χ1n) is 20.3. The van der Waals surface area contributed by atoms with Crippen molar-refractivity contribution in [3.05, 3.63) is 0 Å². The molecule has 0 bridgehead atoms. The van der Waals surface area contributed by atoms with Crippen molar-refractivity contribution in [3.8, 4) is 0 Å². The zero-order chi connectivity index (χ0) is 42.7. The number of hydrogen-bond acceptors (Lipinski definition) is 17. The Morgan fingerprint density at radius 2 is 1.41 bits per heavy atom. The van der Waals surface area contributed by atoms with Crippen molar-refractivity contribution in [2.24, 2.45) is 5.41 Å². The van der Waals surface area contributed by atoms with Crippen molar-refractivity contribution in [1.82, 2.24) is 26.2 Å². The van der Waals surface area contributed by atoms with Crippen LogP contribution in [0.5, 0.6) is 0 Å². The lowest BCUT2D eigenvalue weighted by Crippen LogP contribution is -2.55. The van der Waals surface area contributed by atoms with Crippen LogP contribution in [-0.2, 0) is 62.0 Å². The monoisotopic (exact) mass is 841 g/mol. The summed E-state index contributed by atoms with van der Waals surface area (Å²) in [5.41, 5.74) is -1.04. The summed E-state index contributed by atoms with van der Waals surface area (Å²) >= 11 is 0. The number of carbonyl (C=O) groups is 7. The second-order valence-corrected chi connectivity index (χ2v) is 16.1. The molecule has 7 N–H and O–H groups in total. The second-order valence-electron chi connectivity index (χ2n) is 16.1. The van der Waals surface area contributed by atoms with Crippen LogP contribution in [0.25, 0.3) is 0 Å². The quantitative estimate of drug-likeness (QED) is 0.0392. The maximum Gasteiger partial charge on any atom is 0.254 e. The molecule has 9 atom stereocenters. The molecule has 3 aliphatic heterocycles. The number of rotatable bonds is 23. The third kappa shape index (κ3) is 13.8. The van der Waals surface area contributed by atoms with Crippen LogP contribution in [0.15, 0.2) is 0 Å². The van der Waals surface area contributed by atoms with Gasteiger partial charge < -0.3 is 65.0 Å². The summed E-state index contributed by atoms with van der Waals surface area (Å²) < 4.78 is 34.1. The average molecular weight is 842 g/mol. The number of aliphatic hydroxyl groups excluding tert-OH is 3. The van der Waals surface area contributed by atoms with Crippen LogP contribution in [0.1, 0.15) is 71.1 Å². The van der Waals surface area contributed by atoms with Crippen molar-refractivity contribution >= 4 is 41.0 Å². The maximum absolute atomic E-state index is 13.0. The third-order valence-corrected chi connectivity index (χ3v) is 11.1. The van der Waals surface area contributed by atoms with Gasteiger partial charge >= 0.3 is 0 Å². The number of hydrogen-bond donors (Lipinski definition) is 7. The van der Waals surface area contributed by atoms with E-state index in [9.17, 15) is 48.9 Å². The predicted molar refractivity (Wildman–Crippen MR) is 200 cm³/mol. The van der Waals surface area contributed by atoms with Gasteiger partial charge in [0.25, 0.3) is 5.78 Å². The van der Waals surface area contributed by atoms with Crippen molar-refractivity contribution in [3.63, 3.8) is 0 Å². The Balaban J connectivity index is 1.03. The molecule has 5 rings (SSSR count). The lowest BCUT2D eigenvalue weighted by atomic mass is 9.91. The SMILES string of the molecule is CNC(=O)CCCCCNC(=O)CN(CC(=O)NCCO[C@H]1CC2(CC2)C[C@@H](CO[C@H]2OC3(CC(=O)C2=O)CC3O)O1)CC(=O)NCCO[C@@H]1O[C@@H](C)[C@@H](O)[C@@H](O)C1=O. The average Bonchev–Trinajstić information content (AvgIpc) is 4.09. The topological polar surface area (TPSA) is 287 Å². The molecule has 5 fully saturated rings. The fourth-order valence-electron chi connectivity index (χ4n) is 7.35. The summed E-state index contributed by atoms with van der Waals surface area (Å²) in [5.74, 6) is -3.75. The summed E-state index contributed by atoms with van der Waals surface area (Å²) in [6.07, 6.45) is -2.82. The number of aliphatic hydroxyl groups is 3. The molecule has 2 aliphatic carbocycles. The summed E-state index contributed by atoms with van der Waals surface area (Å²) in [4.78, 5) is 88.2. The highest BCUT2D eigenvalue weighted by molar-refractivity contribution is 6.39. The largest absolute Gasteiger partial charge is 0.390 e. The van der Waals surface area contributed by atoms with Crippen LogP contribution < -0.4 is 21.3 Å². The number of ether oxygens (including phenoxy) is 6. The molecule has 2 unspecified atom stereocenters. The smallest absolute Gasteiger partial charge is 0.254 e. The van der Waals surface area contributed by atoms with Gasteiger partial charge in [-0.15, -0.1) is 0 Å². The number of nitrogens with one attached hydrogen (secondary N) is 4. The predicted octanol–water partition coefficient (Wildman–Crippen LogP) is -3.30. The van der Waals surface area contributed by atoms with Crippen molar-refractivity contribution in [2.45, 2.75) is 126 Å². The Morgan fingerprint density at radius 3 is 2.02 bits per heavy atom. The maximum atomic E-state index is 13.0. The Hall–Kier alpha value is -3.51. The third-order valence-electron chi connectivity index (χ3n) is 11.1. The van der Waals surface area contributed by atoms with Crippen molar-refractivity contribution in [2.75, 3.05) is 66.1 Å². The van der Waals surface area contributed by atoms with Gasteiger partial charge in [0.15, 0.2) is 6.29 Å². The van der Waals surface area contributed by atoms with E-state index in [0.717, 1.165) is 12.8 Å². The van der Waals surface area contributed by atoms with Gasteiger partial charge in [-0.3, -0.25) is 38.5 Å². The van der Waals surface area contributed by atoms with Gasteiger partial charge in [-0.25, -0.2) is 0 Å². The number of ketones is 3. The highest BCUT2D eigenvalue weighted by Crippen LogP contribution is 2.56. The van der Waals surface area contributed by atoms with Gasteiger partial charge in [-0.1, -0.05) is 6.42 Å². The van der Waals surface area contributed by atoms with Crippen LogP contribution in [0.4, 0.5) is 0 Å². The molecule has 0 aromatic carbocycles. The minimum atomic E-state index is -1.66. The zero-order valence-corrected chi connectivity index (χ0v) is 33.6. The number of nitrogens with zero attached hydrogens (tertiary/aromatic N) is 1. The van der Waals surface area contributed by atoms with Gasteiger partial charge in [0.2, 0.25) is 47.8 Å². The Bertz CT molecular complexity index is 1530. The normalized spacial score (nSPS) is 31.0. The van der Waals surface area contributed by atoms with E-state index in [1.165, 1.54) is 11.8 Å². The van der Waals surface area contributed by atoms with Crippen LogP contribution in [0.2, 0.25) is 0 Å². The van der Waals surface area contributed by atoms with E-state index in [2.05, 4.69) is 21.3 Å².